The normalized spacial score (nSPS) is 11.2. The number of carbonyl (C=O) groups is 1. The summed E-state index contributed by atoms with van der Waals surface area (Å²) in [5.41, 5.74) is 3.57. The molecule has 0 amide bonds. The molecule has 0 fully saturated rings. The molecule has 2 rings (SSSR count). The molecule has 3 heteroatoms. The van der Waals surface area contributed by atoms with Gasteiger partial charge in [-0.25, -0.2) is 0 Å². The van der Waals surface area contributed by atoms with Gasteiger partial charge in [0.05, 0.1) is 0 Å². The highest BCUT2D eigenvalue weighted by molar-refractivity contribution is 6.04. The quantitative estimate of drug-likeness (QED) is 0.668. The van der Waals surface area contributed by atoms with E-state index in [0.29, 0.717) is 5.56 Å². The van der Waals surface area contributed by atoms with E-state index in [1.54, 1.807) is 30.6 Å². The van der Waals surface area contributed by atoms with E-state index in [2.05, 4.69) is 10.3 Å². The van der Waals surface area contributed by atoms with Crippen LogP contribution in [-0.4, -0.2) is 10.8 Å². The monoisotopic (exact) mass is 252 g/mol. The molecule has 1 aromatic heterocycles. The maximum atomic E-state index is 11.9. The smallest absolute Gasteiger partial charge is 0.189 e. The van der Waals surface area contributed by atoms with E-state index in [9.17, 15) is 4.79 Å². The van der Waals surface area contributed by atoms with Gasteiger partial charge in [0.2, 0.25) is 0 Å². The van der Waals surface area contributed by atoms with Gasteiger partial charge in [-0.3, -0.25) is 9.78 Å². The number of aromatic nitrogens is 1. The Labute approximate surface area is 113 Å². The number of nitrogens with zero attached hydrogens (tertiary/aromatic N) is 1. The first-order valence-corrected chi connectivity index (χ1v) is 6.11. The Hall–Kier alpha value is -2.42. The van der Waals surface area contributed by atoms with Gasteiger partial charge in [0.1, 0.15) is 0 Å². The second-order valence-electron chi connectivity index (χ2n) is 4.42. The average molecular weight is 252 g/mol. The number of anilines is 1. The third-order valence-electron chi connectivity index (χ3n) is 2.69. The van der Waals surface area contributed by atoms with Crippen LogP contribution in [-0.2, 0) is 0 Å². The van der Waals surface area contributed by atoms with Gasteiger partial charge in [0.15, 0.2) is 5.78 Å². The van der Waals surface area contributed by atoms with Crippen molar-refractivity contribution >= 4 is 11.5 Å². The summed E-state index contributed by atoms with van der Waals surface area (Å²) in [4.78, 5) is 15.9. The van der Waals surface area contributed by atoms with Crippen molar-refractivity contribution in [3.8, 4) is 0 Å². The summed E-state index contributed by atoms with van der Waals surface area (Å²) in [5.74, 6) is -0.0507. The Morgan fingerprint density at radius 3 is 2.58 bits per heavy atom. The molecule has 0 unspecified atom stereocenters. The molecule has 0 bridgehead atoms. The Morgan fingerprint density at radius 2 is 1.95 bits per heavy atom. The van der Waals surface area contributed by atoms with Crippen LogP contribution in [0.3, 0.4) is 0 Å². The van der Waals surface area contributed by atoms with Crippen LogP contribution in [0.4, 0.5) is 5.69 Å². The van der Waals surface area contributed by atoms with Gasteiger partial charge in [-0.15, -0.1) is 0 Å². The first-order chi connectivity index (χ1) is 9.15. The van der Waals surface area contributed by atoms with Crippen LogP contribution < -0.4 is 5.32 Å². The van der Waals surface area contributed by atoms with Gasteiger partial charge in [-0.2, -0.15) is 0 Å². The Balaban J connectivity index is 2.07. The molecular weight excluding hydrogens is 236 g/mol. The third kappa shape index (κ3) is 3.78. The molecule has 0 aliphatic heterocycles. The van der Waals surface area contributed by atoms with Crippen molar-refractivity contribution in [2.24, 2.45) is 0 Å². The zero-order chi connectivity index (χ0) is 13.7. The van der Waals surface area contributed by atoms with Gasteiger partial charge >= 0.3 is 0 Å². The maximum Gasteiger partial charge on any atom is 0.189 e. The minimum absolute atomic E-state index is 0.0507. The highest BCUT2D eigenvalue weighted by Gasteiger charge is 2.02. The number of carbonyl (C=O) groups excluding carboxylic acids is 1. The van der Waals surface area contributed by atoms with Crippen LogP contribution in [0.2, 0.25) is 0 Å². The standard InChI is InChI=1S/C16H16N2O/c1-12-5-7-15(8-6-12)18-13(2)10-16(19)14-4-3-9-17-11-14/h3-11,18H,1-2H3. The zero-order valence-corrected chi connectivity index (χ0v) is 11.1. The molecule has 0 saturated carbocycles. The number of ketones is 1. The Kier molecular flexibility index (Phi) is 4.08. The summed E-state index contributed by atoms with van der Waals surface area (Å²) < 4.78 is 0. The van der Waals surface area contributed by atoms with Crippen LogP contribution in [0.5, 0.6) is 0 Å². The topological polar surface area (TPSA) is 42.0 Å². The van der Waals surface area contributed by atoms with E-state index in [1.165, 1.54) is 5.56 Å². The fraction of sp³-hybridized carbons (Fsp3) is 0.125. The molecule has 0 atom stereocenters. The zero-order valence-electron chi connectivity index (χ0n) is 11.1. The molecule has 0 spiro atoms. The predicted octanol–water partition coefficient (Wildman–Crippen LogP) is 3.59. The molecule has 3 nitrogen and oxygen atoms in total. The second-order valence-corrected chi connectivity index (χ2v) is 4.42. The average Bonchev–Trinajstić information content (AvgIpc) is 2.42. The lowest BCUT2D eigenvalue weighted by Crippen LogP contribution is -2.01. The summed E-state index contributed by atoms with van der Waals surface area (Å²) in [6, 6.07) is 11.5. The second kappa shape index (κ2) is 5.96. The van der Waals surface area contributed by atoms with Crippen molar-refractivity contribution in [3.63, 3.8) is 0 Å². The summed E-state index contributed by atoms with van der Waals surface area (Å²) in [5, 5.41) is 3.19. The largest absolute Gasteiger partial charge is 0.359 e. The first kappa shape index (κ1) is 13.0. The van der Waals surface area contributed by atoms with Crippen LogP contribution in [0, 0.1) is 6.92 Å². The predicted molar refractivity (Wildman–Crippen MR) is 77.1 cm³/mol. The van der Waals surface area contributed by atoms with Crippen LogP contribution in [0.1, 0.15) is 22.8 Å². The van der Waals surface area contributed by atoms with Crippen molar-refractivity contribution in [1.29, 1.82) is 0 Å². The number of rotatable bonds is 4. The van der Waals surface area contributed by atoms with Crippen LogP contribution in [0.15, 0.2) is 60.6 Å². The van der Waals surface area contributed by atoms with Gasteiger partial charge in [0.25, 0.3) is 0 Å². The van der Waals surface area contributed by atoms with Crippen molar-refractivity contribution in [2.75, 3.05) is 5.32 Å². The highest BCUT2D eigenvalue weighted by atomic mass is 16.1. The number of hydrogen-bond donors (Lipinski definition) is 1. The molecule has 0 aliphatic carbocycles. The van der Waals surface area contributed by atoms with Gasteiger partial charge in [0, 0.05) is 35.4 Å². The van der Waals surface area contributed by atoms with Crippen LogP contribution in [0.25, 0.3) is 0 Å². The number of hydrogen-bond acceptors (Lipinski definition) is 3. The maximum absolute atomic E-state index is 11.9. The molecule has 1 N–H and O–H groups in total. The summed E-state index contributed by atoms with van der Waals surface area (Å²) in [6.07, 6.45) is 4.80. The molecule has 96 valence electrons. The van der Waals surface area contributed by atoms with E-state index in [1.807, 2.05) is 38.1 Å². The fourth-order valence-corrected chi connectivity index (χ4v) is 1.69. The molecule has 0 radical (unpaired) electrons. The summed E-state index contributed by atoms with van der Waals surface area (Å²) >= 11 is 0. The number of nitrogens with one attached hydrogen (secondary N) is 1. The lowest BCUT2D eigenvalue weighted by Gasteiger charge is -2.06. The number of aryl methyl sites for hydroxylation is 1. The summed E-state index contributed by atoms with van der Waals surface area (Å²) in [6.45, 7) is 3.91. The lowest BCUT2D eigenvalue weighted by molar-refractivity contribution is 0.104. The minimum Gasteiger partial charge on any atom is -0.359 e. The van der Waals surface area contributed by atoms with E-state index >= 15 is 0 Å². The number of pyridine rings is 1. The van der Waals surface area contributed by atoms with E-state index in [-0.39, 0.29) is 5.78 Å². The van der Waals surface area contributed by atoms with Crippen molar-refractivity contribution in [1.82, 2.24) is 4.98 Å². The van der Waals surface area contributed by atoms with E-state index < -0.39 is 0 Å². The minimum atomic E-state index is -0.0507. The molecule has 19 heavy (non-hydrogen) atoms. The fourth-order valence-electron chi connectivity index (χ4n) is 1.69. The van der Waals surface area contributed by atoms with Crippen molar-refractivity contribution in [2.45, 2.75) is 13.8 Å². The van der Waals surface area contributed by atoms with Gasteiger partial charge < -0.3 is 5.32 Å². The number of benzene rings is 1. The highest BCUT2D eigenvalue weighted by Crippen LogP contribution is 2.11. The van der Waals surface area contributed by atoms with Crippen molar-refractivity contribution in [3.05, 3.63) is 71.7 Å². The third-order valence-corrected chi connectivity index (χ3v) is 2.69. The first-order valence-electron chi connectivity index (χ1n) is 6.11. The Morgan fingerprint density at radius 1 is 1.21 bits per heavy atom. The van der Waals surface area contributed by atoms with E-state index in [4.69, 9.17) is 0 Å². The summed E-state index contributed by atoms with van der Waals surface area (Å²) in [7, 11) is 0. The molecule has 1 aromatic carbocycles. The van der Waals surface area contributed by atoms with Gasteiger partial charge in [-0.1, -0.05) is 17.7 Å². The molecule has 1 heterocycles. The van der Waals surface area contributed by atoms with E-state index in [0.717, 1.165) is 11.4 Å². The van der Waals surface area contributed by atoms with Crippen LogP contribution >= 0.6 is 0 Å². The lowest BCUT2D eigenvalue weighted by atomic mass is 10.1. The van der Waals surface area contributed by atoms with Gasteiger partial charge in [-0.05, 0) is 38.1 Å². The molecular formula is C16H16N2O. The molecule has 2 aromatic rings. The molecule has 0 saturated heterocycles. The Bertz CT molecular complexity index is 586. The SMILES string of the molecule is CC(=CC(=O)c1cccnc1)Nc1ccc(C)cc1. The number of allylic oxidation sites excluding steroid dienone is 2. The van der Waals surface area contributed by atoms with Crippen molar-refractivity contribution < 1.29 is 4.79 Å². The molecule has 0 aliphatic rings.